The van der Waals surface area contributed by atoms with Gasteiger partial charge in [0.05, 0.1) is 28.3 Å². The van der Waals surface area contributed by atoms with E-state index >= 15 is 0 Å². The second-order valence-electron chi connectivity index (χ2n) is 3.87. The summed E-state index contributed by atoms with van der Waals surface area (Å²) >= 11 is 0. The Balaban J connectivity index is 3.24. The number of nitrogens with zero attached hydrogens (tertiary/aromatic N) is 1. The van der Waals surface area contributed by atoms with Crippen molar-refractivity contribution in [3.63, 3.8) is 0 Å². The molecule has 0 amide bonds. The summed E-state index contributed by atoms with van der Waals surface area (Å²) in [4.78, 5) is 0. The number of benzene rings is 1. The van der Waals surface area contributed by atoms with Crippen LogP contribution in [0.1, 0.15) is 0 Å². The van der Waals surface area contributed by atoms with Gasteiger partial charge in [-0.25, -0.2) is 0 Å². The molecule has 1 aromatic carbocycles. The molecule has 72 valence electrons. The summed E-state index contributed by atoms with van der Waals surface area (Å²) in [7, 11) is 7.71. The lowest BCUT2D eigenvalue weighted by Crippen LogP contribution is -2.35. The Hall–Kier alpha value is -1.22. The van der Waals surface area contributed by atoms with Crippen molar-refractivity contribution in [1.29, 1.82) is 0 Å². The predicted octanol–water partition coefficient (Wildman–Crippen LogP) is 1.60. The molecule has 0 saturated carbocycles. The molecule has 0 aromatic heterocycles. The highest BCUT2D eigenvalue weighted by Gasteiger charge is 2.18. The molecule has 0 atom stereocenters. The molecule has 0 saturated heterocycles. The van der Waals surface area contributed by atoms with E-state index in [1.54, 1.807) is 25.3 Å². The standard InChI is InChI=1S/C10H15NO2/c1-11(2,3)9-7-8(12)5-6-10(9)13-4/h5-7H,1-4H3/p+1. The fraction of sp³-hybridized carbons (Fsp3) is 0.400. The van der Waals surface area contributed by atoms with Crippen molar-refractivity contribution >= 4 is 5.69 Å². The average Bonchev–Trinajstić information content (AvgIpc) is 2.03. The van der Waals surface area contributed by atoms with Crippen LogP contribution in [0.25, 0.3) is 0 Å². The van der Waals surface area contributed by atoms with E-state index in [2.05, 4.69) is 0 Å². The monoisotopic (exact) mass is 182 g/mol. The molecule has 1 rings (SSSR count). The molecule has 0 unspecified atom stereocenters. The third-order valence-electron chi connectivity index (χ3n) is 1.89. The van der Waals surface area contributed by atoms with Crippen molar-refractivity contribution in [3.8, 4) is 11.5 Å². The first kappa shape index (κ1) is 9.86. The highest BCUT2D eigenvalue weighted by Crippen LogP contribution is 2.33. The van der Waals surface area contributed by atoms with Crippen molar-refractivity contribution in [2.45, 2.75) is 0 Å². The van der Waals surface area contributed by atoms with Crippen molar-refractivity contribution in [2.75, 3.05) is 28.3 Å². The van der Waals surface area contributed by atoms with E-state index in [1.165, 1.54) is 0 Å². The highest BCUT2D eigenvalue weighted by molar-refractivity contribution is 5.57. The summed E-state index contributed by atoms with van der Waals surface area (Å²) in [5.74, 6) is 1.06. The van der Waals surface area contributed by atoms with Crippen molar-refractivity contribution in [2.24, 2.45) is 0 Å². The average molecular weight is 182 g/mol. The SMILES string of the molecule is COc1ccc(O)cc1[N+](C)(C)C. The van der Waals surface area contributed by atoms with Crippen LogP contribution in [0.2, 0.25) is 0 Å². The minimum absolute atomic E-state index is 0.267. The zero-order chi connectivity index (χ0) is 10.1. The lowest BCUT2D eigenvalue weighted by Gasteiger charge is -2.25. The largest absolute Gasteiger partial charge is 0.508 e. The Bertz CT molecular complexity index is 302. The Kier molecular flexibility index (Phi) is 2.48. The third kappa shape index (κ3) is 2.12. The number of phenols is 1. The lowest BCUT2D eigenvalue weighted by molar-refractivity contribution is 0.387. The molecule has 0 spiro atoms. The maximum Gasteiger partial charge on any atom is 0.179 e. The van der Waals surface area contributed by atoms with Gasteiger partial charge < -0.3 is 9.84 Å². The van der Waals surface area contributed by atoms with Crippen LogP contribution in [-0.2, 0) is 0 Å². The van der Waals surface area contributed by atoms with Crippen LogP contribution in [0.5, 0.6) is 11.5 Å². The van der Waals surface area contributed by atoms with Crippen LogP contribution in [-0.4, -0.2) is 33.4 Å². The smallest absolute Gasteiger partial charge is 0.179 e. The van der Waals surface area contributed by atoms with E-state index in [0.29, 0.717) is 4.48 Å². The van der Waals surface area contributed by atoms with E-state index in [9.17, 15) is 5.11 Å². The van der Waals surface area contributed by atoms with Gasteiger partial charge in [0.2, 0.25) is 0 Å². The van der Waals surface area contributed by atoms with Crippen LogP contribution >= 0.6 is 0 Å². The summed E-state index contributed by atoms with van der Waals surface area (Å²) in [5, 5.41) is 9.33. The van der Waals surface area contributed by atoms with E-state index < -0.39 is 0 Å². The number of hydrogen-bond donors (Lipinski definition) is 1. The van der Waals surface area contributed by atoms with Gasteiger partial charge in [0, 0.05) is 6.07 Å². The van der Waals surface area contributed by atoms with E-state index in [1.807, 2.05) is 21.1 Å². The molecule has 0 aliphatic heterocycles. The second kappa shape index (κ2) is 3.26. The quantitative estimate of drug-likeness (QED) is 0.704. The van der Waals surface area contributed by atoms with E-state index in [0.717, 1.165) is 11.4 Å². The molecular weight excluding hydrogens is 166 g/mol. The number of phenolic OH excluding ortho intramolecular Hbond substituents is 1. The van der Waals surface area contributed by atoms with Crippen LogP contribution in [0, 0.1) is 0 Å². The number of ether oxygens (including phenoxy) is 1. The third-order valence-corrected chi connectivity index (χ3v) is 1.89. The molecule has 3 nitrogen and oxygen atoms in total. The lowest BCUT2D eigenvalue weighted by atomic mass is 10.2. The van der Waals surface area contributed by atoms with Gasteiger partial charge in [-0.05, 0) is 12.1 Å². The predicted molar refractivity (Wildman–Crippen MR) is 54.2 cm³/mol. The molecule has 0 fully saturated rings. The second-order valence-corrected chi connectivity index (χ2v) is 3.87. The molecule has 0 bridgehead atoms. The molecule has 13 heavy (non-hydrogen) atoms. The molecule has 0 heterocycles. The zero-order valence-corrected chi connectivity index (χ0v) is 8.53. The first-order valence-corrected chi connectivity index (χ1v) is 4.14. The van der Waals surface area contributed by atoms with Gasteiger partial charge in [-0.3, -0.25) is 4.48 Å². The summed E-state index contributed by atoms with van der Waals surface area (Å²) in [5.41, 5.74) is 0.961. The van der Waals surface area contributed by atoms with Crippen LogP contribution in [0.3, 0.4) is 0 Å². The molecular formula is C10H16NO2+. The molecule has 1 aromatic rings. The Morgan fingerprint density at radius 2 is 1.85 bits per heavy atom. The maximum atomic E-state index is 9.33. The number of rotatable bonds is 2. The zero-order valence-electron chi connectivity index (χ0n) is 8.53. The van der Waals surface area contributed by atoms with Gasteiger partial charge in [-0.15, -0.1) is 0 Å². The Morgan fingerprint density at radius 3 is 2.31 bits per heavy atom. The van der Waals surface area contributed by atoms with Gasteiger partial charge in [0.1, 0.15) is 5.75 Å². The summed E-state index contributed by atoms with van der Waals surface area (Å²) in [6.45, 7) is 0. The van der Waals surface area contributed by atoms with Gasteiger partial charge >= 0.3 is 0 Å². The van der Waals surface area contributed by atoms with E-state index in [-0.39, 0.29) is 5.75 Å². The van der Waals surface area contributed by atoms with Crippen LogP contribution < -0.4 is 9.22 Å². The normalized spacial score (nSPS) is 11.4. The molecule has 0 aliphatic carbocycles. The van der Waals surface area contributed by atoms with Gasteiger partial charge in [0.15, 0.2) is 11.4 Å². The number of hydrogen-bond acceptors (Lipinski definition) is 2. The fourth-order valence-electron chi connectivity index (χ4n) is 1.20. The number of methoxy groups -OCH3 is 1. The van der Waals surface area contributed by atoms with Crippen LogP contribution in [0.4, 0.5) is 5.69 Å². The highest BCUT2D eigenvalue weighted by atomic mass is 16.5. The van der Waals surface area contributed by atoms with Gasteiger partial charge in [-0.1, -0.05) is 0 Å². The minimum atomic E-state index is 0.267. The summed E-state index contributed by atoms with van der Waals surface area (Å²) < 4.78 is 5.82. The molecule has 3 heteroatoms. The molecule has 0 aliphatic rings. The van der Waals surface area contributed by atoms with Crippen LogP contribution in [0.15, 0.2) is 18.2 Å². The maximum absolute atomic E-state index is 9.33. The summed E-state index contributed by atoms with van der Waals surface area (Å²) in [6.07, 6.45) is 0. The Labute approximate surface area is 78.8 Å². The number of aromatic hydroxyl groups is 1. The van der Waals surface area contributed by atoms with Gasteiger partial charge in [0.25, 0.3) is 0 Å². The molecule has 0 radical (unpaired) electrons. The van der Waals surface area contributed by atoms with Crippen molar-refractivity contribution < 1.29 is 9.84 Å². The van der Waals surface area contributed by atoms with Crippen molar-refractivity contribution in [3.05, 3.63) is 18.2 Å². The topological polar surface area (TPSA) is 29.5 Å². The molecule has 1 N–H and O–H groups in total. The van der Waals surface area contributed by atoms with E-state index in [4.69, 9.17) is 4.74 Å². The number of quaternary nitrogens is 1. The van der Waals surface area contributed by atoms with Crippen molar-refractivity contribution in [1.82, 2.24) is 4.48 Å². The first-order chi connectivity index (χ1) is 5.95. The first-order valence-electron chi connectivity index (χ1n) is 4.14. The Morgan fingerprint density at radius 1 is 1.23 bits per heavy atom. The van der Waals surface area contributed by atoms with Gasteiger partial charge in [-0.2, -0.15) is 0 Å². The fourth-order valence-corrected chi connectivity index (χ4v) is 1.20. The summed E-state index contributed by atoms with van der Waals surface area (Å²) in [6, 6.07) is 5.12. The minimum Gasteiger partial charge on any atom is -0.508 e.